The molecule has 0 saturated carbocycles. The van der Waals surface area contributed by atoms with Crippen LogP contribution in [-0.4, -0.2) is 40.7 Å². The van der Waals surface area contributed by atoms with Crippen molar-refractivity contribution in [1.82, 2.24) is 5.32 Å². The zero-order chi connectivity index (χ0) is 22.7. The summed E-state index contributed by atoms with van der Waals surface area (Å²) in [7, 11) is 0. The number of aryl methyl sites for hydroxylation is 1. The highest BCUT2D eigenvalue weighted by Crippen LogP contribution is 2.44. The van der Waals surface area contributed by atoms with Crippen LogP contribution in [0.3, 0.4) is 0 Å². The normalized spacial score (nSPS) is 14.4. The van der Waals surface area contributed by atoms with Crippen molar-refractivity contribution in [3.63, 3.8) is 0 Å². The predicted octanol–water partition coefficient (Wildman–Crippen LogP) is 3.42. The highest BCUT2D eigenvalue weighted by Gasteiger charge is 2.29. The molecule has 6 heteroatoms. The maximum Gasteiger partial charge on any atom is 0.407 e. The van der Waals surface area contributed by atoms with Gasteiger partial charge < -0.3 is 25.4 Å². The fraction of sp³-hybridized carbons (Fsp3) is 0.269. The Morgan fingerprint density at radius 2 is 1.62 bits per heavy atom. The van der Waals surface area contributed by atoms with Crippen molar-refractivity contribution in [2.75, 3.05) is 13.2 Å². The average molecular weight is 434 g/mol. The maximum absolute atomic E-state index is 12.3. The number of aliphatic hydroxyl groups is 3. The molecular weight excluding hydrogens is 406 g/mol. The van der Waals surface area contributed by atoms with Crippen LogP contribution < -0.4 is 5.32 Å². The lowest BCUT2D eigenvalue weighted by Crippen LogP contribution is -2.36. The highest BCUT2D eigenvalue weighted by atomic mass is 16.5. The smallest absolute Gasteiger partial charge is 0.407 e. The van der Waals surface area contributed by atoms with E-state index in [2.05, 4.69) is 17.4 Å². The molecule has 3 aromatic rings. The monoisotopic (exact) mass is 433 g/mol. The first-order valence-electron chi connectivity index (χ1n) is 10.6. The van der Waals surface area contributed by atoms with Gasteiger partial charge in [-0.1, -0.05) is 66.7 Å². The molecule has 6 nitrogen and oxygen atoms in total. The molecule has 4 N–H and O–H groups in total. The number of hydrogen-bond donors (Lipinski definition) is 4. The van der Waals surface area contributed by atoms with Crippen molar-refractivity contribution in [2.24, 2.45) is 0 Å². The molecule has 2 unspecified atom stereocenters. The van der Waals surface area contributed by atoms with E-state index < -0.39 is 18.3 Å². The quantitative estimate of drug-likeness (QED) is 0.458. The van der Waals surface area contributed by atoms with E-state index in [1.54, 1.807) is 18.2 Å². The van der Waals surface area contributed by atoms with Gasteiger partial charge in [-0.15, -0.1) is 0 Å². The van der Waals surface area contributed by atoms with E-state index in [0.29, 0.717) is 11.1 Å². The largest absolute Gasteiger partial charge is 0.449 e. The van der Waals surface area contributed by atoms with Crippen LogP contribution in [0.5, 0.6) is 0 Å². The summed E-state index contributed by atoms with van der Waals surface area (Å²) in [4.78, 5) is 12.3. The first kappa shape index (κ1) is 22.0. The number of rotatable bonds is 7. The minimum atomic E-state index is -1.22. The summed E-state index contributed by atoms with van der Waals surface area (Å²) in [5.74, 6) is -0.0486. The number of hydrogen-bond acceptors (Lipinski definition) is 5. The third-order valence-corrected chi connectivity index (χ3v) is 6.01. The Morgan fingerprint density at radius 3 is 2.25 bits per heavy atom. The number of fused-ring (bicyclic) bond motifs is 3. The molecule has 0 aliphatic heterocycles. The van der Waals surface area contributed by atoms with Crippen molar-refractivity contribution in [3.8, 4) is 11.1 Å². The average Bonchev–Trinajstić information content (AvgIpc) is 3.14. The van der Waals surface area contributed by atoms with Gasteiger partial charge in [0.25, 0.3) is 0 Å². The van der Waals surface area contributed by atoms with Gasteiger partial charge >= 0.3 is 6.09 Å². The number of aliphatic hydroxyl groups excluding tert-OH is 3. The Balaban J connectivity index is 1.35. The molecule has 0 spiro atoms. The van der Waals surface area contributed by atoms with Crippen LogP contribution in [0.25, 0.3) is 11.1 Å². The zero-order valence-corrected chi connectivity index (χ0v) is 17.9. The number of carbonyl (C=O) groups is 1. The first-order chi connectivity index (χ1) is 15.5. The van der Waals surface area contributed by atoms with Crippen LogP contribution in [0.1, 0.15) is 39.8 Å². The predicted molar refractivity (Wildman–Crippen MR) is 121 cm³/mol. The van der Waals surface area contributed by atoms with Crippen LogP contribution in [0.2, 0.25) is 0 Å². The van der Waals surface area contributed by atoms with Crippen molar-refractivity contribution in [3.05, 3.63) is 94.5 Å². The fourth-order valence-corrected chi connectivity index (χ4v) is 4.26. The Labute approximate surface area is 187 Å². The van der Waals surface area contributed by atoms with Gasteiger partial charge in [0, 0.05) is 12.5 Å². The number of ether oxygens (including phenoxy) is 1. The van der Waals surface area contributed by atoms with Gasteiger partial charge in [0.1, 0.15) is 18.8 Å². The second-order valence-electron chi connectivity index (χ2n) is 8.07. The molecule has 0 saturated heterocycles. The molecule has 1 aliphatic carbocycles. The Morgan fingerprint density at radius 1 is 1.00 bits per heavy atom. The minimum Gasteiger partial charge on any atom is -0.449 e. The van der Waals surface area contributed by atoms with E-state index in [1.807, 2.05) is 43.3 Å². The third kappa shape index (κ3) is 4.39. The summed E-state index contributed by atoms with van der Waals surface area (Å²) in [6.07, 6.45) is -3.07. The summed E-state index contributed by atoms with van der Waals surface area (Å²) in [5.41, 5.74) is 6.48. The lowest BCUT2D eigenvalue weighted by Gasteiger charge is -2.21. The molecule has 1 aliphatic rings. The van der Waals surface area contributed by atoms with E-state index in [4.69, 9.17) is 4.74 Å². The molecule has 0 aromatic heterocycles. The van der Waals surface area contributed by atoms with Crippen LogP contribution in [0.4, 0.5) is 4.79 Å². The zero-order valence-electron chi connectivity index (χ0n) is 17.9. The number of alkyl carbamates (subject to hydrolysis) is 1. The topological polar surface area (TPSA) is 99.0 Å². The molecular formula is C26H27NO5. The van der Waals surface area contributed by atoms with Gasteiger partial charge in [0.2, 0.25) is 0 Å². The van der Waals surface area contributed by atoms with Gasteiger partial charge in [-0.2, -0.15) is 0 Å². The van der Waals surface area contributed by atoms with Crippen LogP contribution in [-0.2, 0) is 11.3 Å². The maximum atomic E-state index is 12.3. The van der Waals surface area contributed by atoms with Gasteiger partial charge in [-0.25, -0.2) is 4.79 Å². The Kier molecular flexibility index (Phi) is 6.55. The molecule has 3 aromatic carbocycles. The van der Waals surface area contributed by atoms with Crippen LogP contribution in [0, 0.1) is 6.92 Å². The van der Waals surface area contributed by atoms with Crippen LogP contribution in [0.15, 0.2) is 66.7 Å². The Hall–Kier alpha value is -3.19. The fourth-order valence-electron chi connectivity index (χ4n) is 4.26. The molecule has 4 rings (SSSR count). The Bertz CT molecular complexity index is 1070. The van der Waals surface area contributed by atoms with Crippen molar-refractivity contribution < 1.29 is 24.9 Å². The first-order valence-corrected chi connectivity index (χ1v) is 10.6. The van der Waals surface area contributed by atoms with Crippen LogP contribution >= 0.6 is 0 Å². The lowest BCUT2D eigenvalue weighted by molar-refractivity contribution is 0.0181. The molecule has 1 amide bonds. The third-order valence-electron chi connectivity index (χ3n) is 6.01. The summed E-state index contributed by atoms with van der Waals surface area (Å²) in [5, 5.41) is 32.7. The lowest BCUT2D eigenvalue weighted by atomic mass is 9.97. The van der Waals surface area contributed by atoms with E-state index in [-0.39, 0.29) is 25.7 Å². The van der Waals surface area contributed by atoms with E-state index in [0.717, 1.165) is 27.8 Å². The van der Waals surface area contributed by atoms with Crippen molar-refractivity contribution in [2.45, 2.75) is 31.7 Å². The minimum absolute atomic E-state index is 0.0486. The molecule has 166 valence electrons. The molecule has 32 heavy (non-hydrogen) atoms. The summed E-state index contributed by atoms with van der Waals surface area (Å²) in [6, 6.07) is 21.4. The highest BCUT2D eigenvalue weighted by molar-refractivity contribution is 5.79. The summed E-state index contributed by atoms with van der Waals surface area (Å²) < 4.78 is 5.46. The SMILES string of the molecule is Cc1ccc(CO)cc1C(O)C(O)CNC(=O)OCC1c2ccccc2-c2ccccc21. The van der Waals surface area contributed by atoms with E-state index in [9.17, 15) is 20.1 Å². The van der Waals surface area contributed by atoms with Gasteiger partial charge in [0.15, 0.2) is 0 Å². The van der Waals surface area contributed by atoms with Gasteiger partial charge in [0.05, 0.1) is 6.61 Å². The molecule has 2 atom stereocenters. The molecule has 0 fully saturated rings. The van der Waals surface area contributed by atoms with Crippen molar-refractivity contribution >= 4 is 6.09 Å². The van der Waals surface area contributed by atoms with Gasteiger partial charge in [-0.05, 0) is 45.9 Å². The molecule has 0 heterocycles. The second-order valence-corrected chi connectivity index (χ2v) is 8.07. The molecule has 0 radical (unpaired) electrons. The van der Waals surface area contributed by atoms with E-state index >= 15 is 0 Å². The second kappa shape index (κ2) is 9.53. The molecule has 0 bridgehead atoms. The standard InChI is InChI=1S/C26H27NO5/c1-16-10-11-17(14-28)12-22(16)25(30)24(29)13-27-26(31)32-15-23-20-8-4-2-6-18(20)19-7-3-5-9-21(19)23/h2-12,23-25,28-30H,13-15H2,1H3,(H,27,31). The van der Waals surface area contributed by atoms with E-state index in [1.165, 1.54) is 0 Å². The number of carbonyl (C=O) groups excluding carboxylic acids is 1. The summed E-state index contributed by atoms with van der Waals surface area (Å²) in [6.45, 7) is 1.66. The van der Waals surface area contributed by atoms with Gasteiger partial charge in [-0.3, -0.25) is 0 Å². The summed E-state index contributed by atoms with van der Waals surface area (Å²) >= 11 is 0. The number of benzene rings is 3. The number of nitrogens with one attached hydrogen (secondary N) is 1. The number of amides is 1. The van der Waals surface area contributed by atoms with Crippen molar-refractivity contribution in [1.29, 1.82) is 0 Å².